The van der Waals surface area contributed by atoms with E-state index in [1.54, 1.807) is 51.4 Å². The molecule has 1 heterocycles. The first-order valence-corrected chi connectivity index (χ1v) is 6.68. The van der Waals surface area contributed by atoms with Crippen LogP contribution >= 0.6 is 0 Å². The number of aromatic nitrogens is 1. The van der Waals surface area contributed by atoms with Crippen LogP contribution in [-0.2, 0) is 4.74 Å². The van der Waals surface area contributed by atoms with E-state index in [1.165, 1.54) is 4.90 Å². The SMILES string of the molecule is C=CCN(CC(N=O)c1cccnc1)C(=O)OC(C)(C)C. The monoisotopic (exact) mass is 291 g/mol. The first kappa shape index (κ1) is 16.8. The van der Waals surface area contributed by atoms with Crippen molar-refractivity contribution < 1.29 is 9.53 Å². The largest absolute Gasteiger partial charge is 0.444 e. The van der Waals surface area contributed by atoms with Crippen LogP contribution in [0.1, 0.15) is 32.4 Å². The second-order valence-electron chi connectivity index (χ2n) is 5.58. The average molecular weight is 291 g/mol. The summed E-state index contributed by atoms with van der Waals surface area (Å²) < 4.78 is 5.31. The predicted octanol–water partition coefficient (Wildman–Crippen LogP) is 3.31. The van der Waals surface area contributed by atoms with Gasteiger partial charge in [0.25, 0.3) is 0 Å². The molecule has 6 nitrogen and oxygen atoms in total. The van der Waals surface area contributed by atoms with Crippen molar-refractivity contribution in [3.05, 3.63) is 47.7 Å². The third-order valence-electron chi connectivity index (χ3n) is 2.59. The number of nitroso groups, excluding NO2 is 1. The fourth-order valence-electron chi connectivity index (χ4n) is 1.69. The molecule has 21 heavy (non-hydrogen) atoms. The highest BCUT2D eigenvalue weighted by atomic mass is 16.6. The molecule has 0 aliphatic rings. The van der Waals surface area contributed by atoms with E-state index in [0.29, 0.717) is 5.56 Å². The third kappa shape index (κ3) is 5.72. The van der Waals surface area contributed by atoms with Crippen LogP contribution in [0, 0.1) is 4.91 Å². The van der Waals surface area contributed by atoms with Gasteiger partial charge in [-0.25, -0.2) is 4.79 Å². The molecule has 1 amide bonds. The third-order valence-corrected chi connectivity index (χ3v) is 2.59. The first-order valence-electron chi connectivity index (χ1n) is 6.68. The van der Waals surface area contributed by atoms with E-state index in [4.69, 9.17) is 4.74 Å². The van der Waals surface area contributed by atoms with Crippen LogP contribution in [-0.4, -0.2) is 34.7 Å². The van der Waals surface area contributed by atoms with Crippen molar-refractivity contribution in [2.24, 2.45) is 5.18 Å². The zero-order valence-corrected chi connectivity index (χ0v) is 12.7. The van der Waals surface area contributed by atoms with Crippen molar-refractivity contribution in [2.75, 3.05) is 13.1 Å². The highest BCUT2D eigenvalue weighted by Gasteiger charge is 2.25. The van der Waals surface area contributed by atoms with E-state index < -0.39 is 17.7 Å². The molecule has 0 fully saturated rings. The lowest BCUT2D eigenvalue weighted by Crippen LogP contribution is -2.39. The van der Waals surface area contributed by atoms with Gasteiger partial charge in [-0.3, -0.25) is 4.98 Å². The molecule has 0 aliphatic heterocycles. The summed E-state index contributed by atoms with van der Waals surface area (Å²) in [6, 6.07) is 2.78. The van der Waals surface area contributed by atoms with Gasteiger partial charge in [-0.2, -0.15) is 4.91 Å². The summed E-state index contributed by atoms with van der Waals surface area (Å²) in [4.78, 5) is 28.6. The number of carbonyl (C=O) groups excluding carboxylic acids is 1. The second-order valence-corrected chi connectivity index (χ2v) is 5.58. The van der Waals surface area contributed by atoms with Gasteiger partial charge in [0, 0.05) is 24.5 Å². The Hall–Kier alpha value is -2.24. The van der Waals surface area contributed by atoms with Crippen LogP contribution in [0.2, 0.25) is 0 Å². The Morgan fingerprint density at radius 3 is 2.76 bits per heavy atom. The Morgan fingerprint density at radius 1 is 1.57 bits per heavy atom. The van der Waals surface area contributed by atoms with Crippen LogP contribution in [0.3, 0.4) is 0 Å². The molecule has 1 rings (SSSR count). The summed E-state index contributed by atoms with van der Waals surface area (Å²) in [5.41, 5.74) is 0.0552. The van der Waals surface area contributed by atoms with Gasteiger partial charge in [0.05, 0.1) is 6.54 Å². The molecule has 0 aromatic carbocycles. The van der Waals surface area contributed by atoms with Gasteiger partial charge in [-0.05, 0) is 26.8 Å². The topological polar surface area (TPSA) is 71.9 Å². The minimum Gasteiger partial charge on any atom is -0.444 e. The highest BCUT2D eigenvalue weighted by Crippen LogP contribution is 2.19. The quantitative estimate of drug-likeness (QED) is 0.595. The number of amides is 1. The van der Waals surface area contributed by atoms with Crippen molar-refractivity contribution in [2.45, 2.75) is 32.4 Å². The van der Waals surface area contributed by atoms with E-state index in [-0.39, 0.29) is 13.1 Å². The van der Waals surface area contributed by atoms with Crippen molar-refractivity contribution >= 4 is 6.09 Å². The number of ether oxygens (including phenoxy) is 1. The van der Waals surface area contributed by atoms with Gasteiger partial charge in [0.1, 0.15) is 11.6 Å². The van der Waals surface area contributed by atoms with Gasteiger partial charge in [-0.1, -0.05) is 17.3 Å². The summed E-state index contributed by atoms with van der Waals surface area (Å²) in [7, 11) is 0. The average Bonchev–Trinajstić information content (AvgIpc) is 2.42. The molecule has 0 spiro atoms. The molecule has 1 unspecified atom stereocenters. The Kier molecular flexibility index (Phi) is 6.02. The van der Waals surface area contributed by atoms with Gasteiger partial charge >= 0.3 is 6.09 Å². The molecule has 1 aromatic rings. The summed E-state index contributed by atoms with van der Waals surface area (Å²) in [5, 5.41) is 3.09. The molecule has 0 saturated carbocycles. The predicted molar refractivity (Wildman–Crippen MR) is 80.8 cm³/mol. The van der Waals surface area contributed by atoms with Crippen molar-refractivity contribution in [3.63, 3.8) is 0 Å². The molecule has 0 radical (unpaired) electrons. The Labute approximate surface area is 124 Å². The van der Waals surface area contributed by atoms with Gasteiger partial charge in [0.2, 0.25) is 0 Å². The van der Waals surface area contributed by atoms with E-state index in [9.17, 15) is 9.70 Å². The van der Waals surface area contributed by atoms with Crippen molar-refractivity contribution in [1.29, 1.82) is 0 Å². The smallest absolute Gasteiger partial charge is 0.410 e. The molecule has 1 aromatic heterocycles. The summed E-state index contributed by atoms with van der Waals surface area (Å²) in [6.07, 6.45) is 4.25. The van der Waals surface area contributed by atoms with Crippen molar-refractivity contribution in [3.8, 4) is 0 Å². The molecule has 0 bridgehead atoms. The highest BCUT2D eigenvalue weighted by molar-refractivity contribution is 5.68. The van der Waals surface area contributed by atoms with Crippen molar-refractivity contribution in [1.82, 2.24) is 9.88 Å². The summed E-state index contributed by atoms with van der Waals surface area (Å²) in [6.45, 7) is 9.37. The Balaban J connectivity index is 2.83. The number of carbonyl (C=O) groups is 1. The molecular weight excluding hydrogens is 270 g/mol. The zero-order chi connectivity index (χ0) is 15.9. The number of rotatable bonds is 6. The van der Waals surface area contributed by atoms with E-state index in [1.807, 2.05) is 0 Å². The number of pyridine rings is 1. The molecule has 6 heteroatoms. The summed E-state index contributed by atoms with van der Waals surface area (Å²) in [5.74, 6) is 0. The first-order chi connectivity index (χ1) is 9.87. The van der Waals surface area contributed by atoms with E-state index >= 15 is 0 Å². The molecule has 0 N–H and O–H groups in total. The summed E-state index contributed by atoms with van der Waals surface area (Å²) >= 11 is 0. The van der Waals surface area contributed by atoms with E-state index in [0.717, 1.165) is 0 Å². The van der Waals surface area contributed by atoms with Crippen LogP contribution in [0.4, 0.5) is 4.79 Å². The molecule has 1 atom stereocenters. The van der Waals surface area contributed by atoms with Crippen LogP contribution in [0.15, 0.2) is 42.4 Å². The minimum atomic E-state index is -0.689. The lowest BCUT2D eigenvalue weighted by atomic mass is 10.1. The van der Waals surface area contributed by atoms with Gasteiger partial charge < -0.3 is 9.64 Å². The van der Waals surface area contributed by atoms with E-state index in [2.05, 4.69) is 16.7 Å². The fourth-order valence-corrected chi connectivity index (χ4v) is 1.69. The number of nitrogens with zero attached hydrogens (tertiary/aromatic N) is 3. The molecular formula is C15H21N3O3. The lowest BCUT2D eigenvalue weighted by Gasteiger charge is -2.27. The van der Waals surface area contributed by atoms with Crippen LogP contribution < -0.4 is 0 Å². The number of hydrogen-bond donors (Lipinski definition) is 0. The zero-order valence-electron chi connectivity index (χ0n) is 12.7. The molecule has 114 valence electrons. The normalized spacial score (nSPS) is 12.3. The van der Waals surface area contributed by atoms with Gasteiger partial charge in [0.15, 0.2) is 0 Å². The van der Waals surface area contributed by atoms with Gasteiger partial charge in [-0.15, -0.1) is 6.58 Å². The maximum Gasteiger partial charge on any atom is 0.410 e. The molecule has 0 aliphatic carbocycles. The Morgan fingerprint density at radius 2 is 2.29 bits per heavy atom. The number of hydrogen-bond acceptors (Lipinski definition) is 5. The fraction of sp³-hybridized carbons (Fsp3) is 0.467. The minimum absolute atomic E-state index is 0.121. The van der Waals surface area contributed by atoms with Crippen LogP contribution in [0.5, 0.6) is 0 Å². The standard InChI is InChI=1S/C15H21N3O3/c1-5-9-18(14(19)21-15(2,3)4)11-13(17-20)12-7-6-8-16-10-12/h5-8,10,13H,1,9,11H2,2-4H3. The van der Waals surface area contributed by atoms with Crippen LogP contribution in [0.25, 0.3) is 0 Å². The molecule has 0 saturated heterocycles. The maximum absolute atomic E-state index is 12.1. The second kappa shape index (κ2) is 7.52. The maximum atomic E-state index is 12.1. The lowest BCUT2D eigenvalue weighted by molar-refractivity contribution is 0.0261. The Bertz CT molecular complexity index is 483.